The molecule has 1 N–H and O–H groups in total. The molecule has 4 aromatic rings. The van der Waals surface area contributed by atoms with Crippen LogP contribution in [0.25, 0.3) is 0 Å². The molecule has 0 aliphatic rings. The Morgan fingerprint density at radius 3 is 2.10 bits per heavy atom. The van der Waals surface area contributed by atoms with Gasteiger partial charge in [0.2, 0.25) is 5.91 Å². The van der Waals surface area contributed by atoms with Crippen molar-refractivity contribution in [3.05, 3.63) is 114 Å². The van der Waals surface area contributed by atoms with Gasteiger partial charge in [0.25, 0.3) is 10.0 Å². The van der Waals surface area contributed by atoms with E-state index in [1.54, 1.807) is 60.7 Å². The number of amides is 1. The summed E-state index contributed by atoms with van der Waals surface area (Å²) in [6.07, 6.45) is 0. The minimum Gasteiger partial charge on any atom is -0.497 e. The van der Waals surface area contributed by atoms with E-state index in [9.17, 15) is 17.6 Å². The summed E-state index contributed by atoms with van der Waals surface area (Å²) in [6, 6.07) is 24.3. The van der Waals surface area contributed by atoms with E-state index in [1.165, 1.54) is 44.6 Å². The van der Waals surface area contributed by atoms with Crippen molar-refractivity contribution in [1.29, 1.82) is 0 Å². The Kier molecular flexibility index (Phi) is 9.46. The molecule has 0 unspecified atom stereocenters. The van der Waals surface area contributed by atoms with Crippen LogP contribution < -0.4 is 23.8 Å². The lowest BCUT2D eigenvalue weighted by Gasteiger charge is -2.26. The Morgan fingerprint density at radius 1 is 0.829 bits per heavy atom. The van der Waals surface area contributed by atoms with Gasteiger partial charge < -0.3 is 19.5 Å². The molecule has 8 nitrogen and oxygen atoms in total. The number of nitrogens with one attached hydrogen (secondary N) is 1. The third-order valence-corrected chi connectivity index (χ3v) is 8.06. The van der Waals surface area contributed by atoms with Crippen molar-refractivity contribution in [3.63, 3.8) is 0 Å². The van der Waals surface area contributed by atoms with E-state index in [-0.39, 0.29) is 35.3 Å². The fraction of sp³-hybridized carbons (Fsp3) is 0.194. The van der Waals surface area contributed by atoms with Crippen molar-refractivity contribution in [2.24, 2.45) is 0 Å². The summed E-state index contributed by atoms with van der Waals surface area (Å²) in [5, 5.41) is 2.79. The van der Waals surface area contributed by atoms with E-state index in [0.29, 0.717) is 11.5 Å². The molecule has 0 aliphatic carbocycles. The quantitative estimate of drug-likeness (QED) is 0.247. The second-order valence-electron chi connectivity index (χ2n) is 9.20. The van der Waals surface area contributed by atoms with Crippen LogP contribution in [-0.2, 0) is 28.0 Å². The average molecular weight is 579 g/mol. The number of halogens is 1. The van der Waals surface area contributed by atoms with Crippen LogP contribution in [0.15, 0.2) is 95.9 Å². The summed E-state index contributed by atoms with van der Waals surface area (Å²) >= 11 is 0. The third kappa shape index (κ3) is 7.55. The highest BCUT2D eigenvalue weighted by atomic mass is 32.2. The third-order valence-electron chi connectivity index (χ3n) is 6.28. The molecule has 4 aromatic carbocycles. The van der Waals surface area contributed by atoms with Gasteiger partial charge in [-0.15, -0.1) is 0 Å². The molecule has 0 aromatic heterocycles. The molecule has 0 bridgehead atoms. The summed E-state index contributed by atoms with van der Waals surface area (Å²) in [5.41, 5.74) is 2.70. The molecule has 0 heterocycles. The summed E-state index contributed by atoms with van der Waals surface area (Å²) < 4.78 is 58.1. The van der Waals surface area contributed by atoms with Crippen LogP contribution in [0.4, 0.5) is 10.1 Å². The Bertz CT molecular complexity index is 1570. The monoisotopic (exact) mass is 578 g/mol. The van der Waals surface area contributed by atoms with E-state index in [2.05, 4.69) is 5.32 Å². The molecule has 0 fully saturated rings. The van der Waals surface area contributed by atoms with Crippen LogP contribution in [0.2, 0.25) is 0 Å². The number of methoxy groups -OCH3 is 2. The molecule has 41 heavy (non-hydrogen) atoms. The number of carbonyl (C=O) groups is 1. The normalized spacial score (nSPS) is 11.0. The molecule has 10 heteroatoms. The number of ether oxygens (including phenoxy) is 3. The first-order chi connectivity index (χ1) is 19.7. The van der Waals surface area contributed by atoms with Gasteiger partial charge in [-0.05, 0) is 66.6 Å². The number of aryl methyl sites for hydroxylation is 1. The van der Waals surface area contributed by atoms with E-state index in [0.717, 1.165) is 21.0 Å². The summed E-state index contributed by atoms with van der Waals surface area (Å²) in [4.78, 5) is 13.1. The first-order valence-corrected chi connectivity index (χ1v) is 14.2. The van der Waals surface area contributed by atoms with Gasteiger partial charge >= 0.3 is 0 Å². The molecule has 1 amide bonds. The van der Waals surface area contributed by atoms with Crippen molar-refractivity contribution < 1.29 is 31.8 Å². The first kappa shape index (κ1) is 29.4. The Morgan fingerprint density at radius 2 is 1.46 bits per heavy atom. The minimum absolute atomic E-state index is 0.0389. The molecular weight excluding hydrogens is 547 g/mol. The summed E-state index contributed by atoms with van der Waals surface area (Å²) in [7, 11) is -1.25. The number of rotatable bonds is 12. The van der Waals surface area contributed by atoms with E-state index in [1.807, 2.05) is 6.92 Å². The van der Waals surface area contributed by atoms with E-state index in [4.69, 9.17) is 14.2 Å². The number of nitrogens with zero attached hydrogens (tertiary/aromatic N) is 1. The van der Waals surface area contributed by atoms with Crippen LogP contribution in [0.1, 0.15) is 16.7 Å². The van der Waals surface area contributed by atoms with Gasteiger partial charge in [-0.1, -0.05) is 42.0 Å². The molecule has 0 radical (unpaired) electrons. The van der Waals surface area contributed by atoms with Gasteiger partial charge in [0, 0.05) is 12.6 Å². The lowest BCUT2D eigenvalue weighted by molar-refractivity contribution is -0.119. The lowest BCUT2D eigenvalue weighted by Crippen LogP contribution is -2.40. The van der Waals surface area contributed by atoms with Crippen molar-refractivity contribution in [3.8, 4) is 17.2 Å². The highest BCUT2D eigenvalue weighted by molar-refractivity contribution is 7.92. The van der Waals surface area contributed by atoms with Gasteiger partial charge in [-0.3, -0.25) is 9.10 Å². The highest BCUT2D eigenvalue weighted by Crippen LogP contribution is 2.35. The van der Waals surface area contributed by atoms with E-state index < -0.39 is 22.5 Å². The predicted octanol–water partition coefficient (Wildman–Crippen LogP) is 5.24. The maximum atomic E-state index is 13.8. The number of sulfonamides is 1. The number of hydrogen-bond donors (Lipinski definition) is 1. The number of benzene rings is 4. The number of anilines is 1. The molecule has 0 spiro atoms. The molecule has 0 atom stereocenters. The molecule has 4 rings (SSSR count). The zero-order chi connectivity index (χ0) is 29.4. The Hall–Kier alpha value is -4.57. The van der Waals surface area contributed by atoms with E-state index >= 15 is 0 Å². The van der Waals surface area contributed by atoms with Crippen LogP contribution in [-0.4, -0.2) is 35.1 Å². The van der Waals surface area contributed by atoms with Crippen molar-refractivity contribution in [2.45, 2.75) is 25.0 Å². The Balaban J connectivity index is 1.48. The standard InChI is InChI=1S/C31H31FN2O6S/c1-22-4-15-28(16-5-22)41(36,37)34(29-18-27(38-2)14-17-30(29)39-3)20-31(35)33-19-23-8-12-26(13-9-23)40-21-24-6-10-25(32)11-7-24/h4-18H,19-21H2,1-3H3,(H,33,35). The van der Waals surface area contributed by atoms with Gasteiger partial charge in [-0.25, -0.2) is 12.8 Å². The van der Waals surface area contributed by atoms with Gasteiger partial charge in [0.05, 0.1) is 24.8 Å². The fourth-order valence-electron chi connectivity index (χ4n) is 3.97. The topological polar surface area (TPSA) is 94.2 Å². The smallest absolute Gasteiger partial charge is 0.264 e. The van der Waals surface area contributed by atoms with Crippen molar-refractivity contribution in [2.75, 3.05) is 25.1 Å². The Labute approximate surface area is 239 Å². The molecule has 214 valence electrons. The zero-order valence-corrected chi connectivity index (χ0v) is 23.8. The molecule has 0 saturated carbocycles. The van der Waals surface area contributed by atoms with Crippen LogP contribution in [0, 0.1) is 12.7 Å². The molecule has 0 aliphatic heterocycles. The predicted molar refractivity (Wildman–Crippen MR) is 154 cm³/mol. The average Bonchev–Trinajstić information content (AvgIpc) is 2.99. The summed E-state index contributed by atoms with van der Waals surface area (Å²) in [6.45, 7) is 1.83. The highest BCUT2D eigenvalue weighted by Gasteiger charge is 2.30. The largest absolute Gasteiger partial charge is 0.497 e. The second-order valence-corrected chi connectivity index (χ2v) is 11.1. The molecule has 0 saturated heterocycles. The van der Waals surface area contributed by atoms with Crippen LogP contribution in [0.5, 0.6) is 17.2 Å². The fourth-order valence-corrected chi connectivity index (χ4v) is 5.39. The summed E-state index contributed by atoms with van der Waals surface area (Å²) in [5.74, 6) is 0.475. The molecular formula is C31H31FN2O6S. The van der Waals surface area contributed by atoms with Gasteiger partial charge in [0.1, 0.15) is 36.2 Å². The van der Waals surface area contributed by atoms with Crippen molar-refractivity contribution in [1.82, 2.24) is 5.32 Å². The number of carbonyl (C=O) groups excluding carboxylic acids is 1. The zero-order valence-electron chi connectivity index (χ0n) is 23.0. The van der Waals surface area contributed by atoms with Gasteiger partial charge in [-0.2, -0.15) is 0 Å². The number of hydrogen-bond acceptors (Lipinski definition) is 6. The maximum absolute atomic E-state index is 13.8. The first-order valence-electron chi connectivity index (χ1n) is 12.7. The second kappa shape index (κ2) is 13.2. The van der Waals surface area contributed by atoms with Crippen molar-refractivity contribution >= 4 is 21.6 Å². The van der Waals surface area contributed by atoms with Crippen LogP contribution >= 0.6 is 0 Å². The van der Waals surface area contributed by atoms with Crippen LogP contribution in [0.3, 0.4) is 0 Å². The van der Waals surface area contributed by atoms with Gasteiger partial charge in [0.15, 0.2) is 0 Å². The lowest BCUT2D eigenvalue weighted by atomic mass is 10.2. The SMILES string of the molecule is COc1ccc(OC)c(N(CC(=O)NCc2ccc(OCc3ccc(F)cc3)cc2)S(=O)(=O)c2ccc(C)cc2)c1. The maximum Gasteiger partial charge on any atom is 0.264 e. The minimum atomic E-state index is -4.14.